The number of nitrogens with zero attached hydrogens (tertiary/aromatic N) is 5. The topological polar surface area (TPSA) is 46.8 Å². The summed E-state index contributed by atoms with van der Waals surface area (Å²) in [5, 5.41) is 12.6. The Morgan fingerprint density at radius 1 is 1.00 bits per heavy atom. The van der Waals surface area contributed by atoms with E-state index >= 15 is 0 Å². The lowest BCUT2D eigenvalue weighted by atomic mass is 10.00. The van der Waals surface area contributed by atoms with E-state index in [4.69, 9.17) is 0 Å². The highest BCUT2D eigenvalue weighted by molar-refractivity contribution is 5.25. The lowest BCUT2D eigenvalue weighted by Gasteiger charge is -2.35. The fraction of sp³-hybridized carbons (Fsp3) is 0.588. The molecule has 1 fully saturated rings. The van der Waals surface area contributed by atoms with Crippen molar-refractivity contribution in [3.05, 3.63) is 41.7 Å². The minimum absolute atomic E-state index is 0.123. The van der Waals surface area contributed by atoms with Crippen molar-refractivity contribution in [2.24, 2.45) is 0 Å². The van der Waals surface area contributed by atoms with Crippen molar-refractivity contribution in [1.82, 2.24) is 25.1 Å². The summed E-state index contributed by atoms with van der Waals surface area (Å²) in [4.78, 5) is 2.52. The van der Waals surface area contributed by atoms with Crippen LogP contribution < -0.4 is 0 Å². The van der Waals surface area contributed by atoms with Crippen LogP contribution in [0.25, 0.3) is 0 Å². The molecule has 0 amide bonds. The van der Waals surface area contributed by atoms with E-state index in [9.17, 15) is 0 Å². The van der Waals surface area contributed by atoms with Gasteiger partial charge in [-0.05, 0) is 62.7 Å². The van der Waals surface area contributed by atoms with Gasteiger partial charge in [0.15, 0.2) is 5.82 Å². The third-order valence-corrected chi connectivity index (χ3v) is 4.24. The molecule has 0 radical (unpaired) electrons. The van der Waals surface area contributed by atoms with Crippen LogP contribution in [0.4, 0.5) is 0 Å². The van der Waals surface area contributed by atoms with Gasteiger partial charge in [0.2, 0.25) is 0 Å². The van der Waals surface area contributed by atoms with E-state index in [1.54, 1.807) is 0 Å². The van der Waals surface area contributed by atoms with Crippen LogP contribution in [-0.2, 0) is 5.54 Å². The Hall–Kier alpha value is -1.75. The molecule has 1 aromatic carbocycles. The second-order valence-corrected chi connectivity index (χ2v) is 7.03. The van der Waals surface area contributed by atoms with Crippen LogP contribution in [0.2, 0.25) is 0 Å². The molecule has 0 bridgehead atoms. The predicted molar refractivity (Wildman–Crippen MR) is 86.5 cm³/mol. The summed E-state index contributed by atoms with van der Waals surface area (Å²) in [5.41, 5.74) is 1.14. The van der Waals surface area contributed by atoms with Crippen LogP contribution in [0.3, 0.4) is 0 Å². The van der Waals surface area contributed by atoms with E-state index in [0.29, 0.717) is 0 Å². The Morgan fingerprint density at radius 2 is 1.68 bits per heavy atom. The third-order valence-electron chi connectivity index (χ3n) is 4.24. The number of rotatable bonds is 3. The molecule has 3 rings (SSSR count). The standard InChI is InChI=1S/C17H25N5/c1-17(2,3)22-16(18-19-20-22)15(14-10-6-4-7-11-14)21-12-8-5-9-13-21/h4,6-7,10-11,15H,5,8-9,12-13H2,1-3H3. The summed E-state index contributed by atoms with van der Waals surface area (Å²) < 4.78 is 1.97. The monoisotopic (exact) mass is 299 g/mol. The highest BCUT2D eigenvalue weighted by Gasteiger charge is 2.31. The number of likely N-dealkylation sites (tertiary alicyclic amines) is 1. The summed E-state index contributed by atoms with van der Waals surface area (Å²) >= 11 is 0. The molecule has 0 aliphatic carbocycles. The first kappa shape index (κ1) is 15.2. The summed E-state index contributed by atoms with van der Waals surface area (Å²) in [6.45, 7) is 8.65. The molecule has 1 atom stereocenters. The molecule has 1 saturated heterocycles. The van der Waals surface area contributed by atoms with Crippen LogP contribution in [-0.4, -0.2) is 38.2 Å². The predicted octanol–water partition coefficient (Wildman–Crippen LogP) is 3.00. The second kappa shape index (κ2) is 6.16. The highest BCUT2D eigenvalue weighted by atomic mass is 15.6. The first-order valence-electron chi connectivity index (χ1n) is 8.15. The molecule has 0 spiro atoms. The summed E-state index contributed by atoms with van der Waals surface area (Å²) in [5.74, 6) is 0.945. The Labute approximate surface area is 132 Å². The van der Waals surface area contributed by atoms with Crippen molar-refractivity contribution in [1.29, 1.82) is 0 Å². The number of piperidine rings is 1. The third kappa shape index (κ3) is 3.04. The first-order chi connectivity index (χ1) is 10.6. The molecule has 2 aromatic rings. The van der Waals surface area contributed by atoms with Gasteiger partial charge in [0, 0.05) is 0 Å². The number of benzene rings is 1. The molecule has 5 heteroatoms. The highest BCUT2D eigenvalue weighted by Crippen LogP contribution is 2.31. The average molecular weight is 299 g/mol. The molecule has 0 N–H and O–H groups in total. The fourth-order valence-electron chi connectivity index (χ4n) is 3.18. The first-order valence-corrected chi connectivity index (χ1v) is 8.15. The average Bonchev–Trinajstić information content (AvgIpc) is 2.99. The minimum atomic E-state index is -0.123. The van der Waals surface area contributed by atoms with Crippen LogP contribution in [0.1, 0.15) is 57.5 Å². The van der Waals surface area contributed by atoms with Gasteiger partial charge in [-0.25, -0.2) is 4.68 Å². The zero-order valence-corrected chi connectivity index (χ0v) is 13.7. The normalized spacial score (nSPS) is 18.3. The number of tetrazole rings is 1. The fourth-order valence-corrected chi connectivity index (χ4v) is 3.18. The van der Waals surface area contributed by atoms with Gasteiger partial charge in [-0.3, -0.25) is 4.90 Å². The largest absolute Gasteiger partial charge is 0.290 e. The maximum Gasteiger partial charge on any atom is 0.173 e. The smallest absolute Gasteiger partial charge is 0.173 e. The van der Waals surface area contributed by atoms with Gasteiger partial charge >= 0.3 is 0 Å². The molecule has 1 aliphatic rings. The Balaban J connectivity index is 2.04. The van der Waals surface area contributed by atoms with Crippen molar-refractivity contribution in [3.63, 3.8) is 0 Å². The van der Waals surface area contributed by atoms with Crippen LogP contribution >= 0.6 is 0 Å². The SMILES string of the molecule is CC(C)(C)n1nnnc1C(c1ccccc1)N1CCCCC1. The van der Waals surface area contributed by atoms with Crippen molar-refractivity contribution in [3.8, 4) is 0 Å². The second-order valence-electron chi connectivity index (χ2n) is 7.03. The van der Waals surface area contributed by atoms with Gasteiger partial charge in [0.25, 0.3) is 0 Å². The molecule has 1 aliphatic heterocycles. The van der Waals surface area contributed by atoms with Crippen molar-refractivity contribution in [2.75, 3.05) is 13.1 Å². The molecule has 2 heterocycles. The van der Waals surface area contributed by atoms with Crippen LogP contribution in [0.15, 0.2) is 30.3 Å². The van der Waals surface area contributed by atoms with E-state index < -0.39 is 0 Å². The minimum Gasteiger partial charge on any atom is -0.290 e. The Bertz CT molecular complexity index is 593. The zero-order chi connectivity index (χ0) is 15.6. The quantitative estimate of drug-likeness (QED) is 0.874. The number of hydrogen-bond acceptors (Lipinski definition) is 4. The van der Waals surface area contributed by atoms with Gasteiger partial charge in [-0.1, -0.05) is 36.8 Å². The molecule has 0 saturated carbocycles. The van der Waals surface area contributed by atoms with Crippen LogP contribution in [0.5, 0.6) is 0 Å². The van der Waals surface area contributed by atoms with Crippen molar-refractivity contribution >= 4 is 0 Å². The summed E-state index contributed by atoms with van der Waals surface area (Å²) in [6, 6.07) is 10.7. The lowest BCUT2D eigenvalue weighted by molar-refractivity contribution is 0.170. The van der Waals surface area contributed by atoms with E-state index in [1.807, 2.05) is 4.68 Å². The van der Waals surface area contributed by atoms with Gasteiger partial charge in [-0.15, -0.1) is 5.10 Å². The lowest BCUT2D eigenvalue weighted by Crippen LogP contribution is -2.38. The van der Waals surface area contributed by atoms with Crippen LogP contribution in [0, 0.1) is 0 Å². The van der Waals surface area contributed by atoms with E-state index in [2.05, 4.69) is 71.5 Å². The molecule has 118 valence electrons. The van der Waals surface area contributed by atoms with E-state index in [0.717, 1.165) is 18.9 Å². The maximum atomic E-state index is 4.39. The zero-order valence-electron chi connectivity index (χ0n) is 13.7. The van der Waals surface area contributed by atoms with Gasteiger partial charge in [-0.2, -0.15) is 0 Å². The Kier molecular flexibility index (Phi) is 4.25. The van der Waals surface area contributed by atoms with Gasteiger partial charge in [0.1, 0.15) is 0 Å². The van der Waals surface area contributed by atoms with Crippen molar-refractivity contribution < 1.29 is 0 Å². The molecule has 1 unspecified atom stereocenters. The van der Waals surface area contributed by atoms with Crippen molar-refractivity contribution in [2.45, 2.75) is 51.6 Å². The molecule has 5 nitrogen and oxygen atoms in total. The summed E-state index contributed by atoms with van der Waals surface area (Å²) in [6.07, 6.45) is 3.82. The number of aromatic nitrogens is 4. The van der Waals surface area contributed by atoms with E-state index in [1.165, 1.54) is 24.8 Å². The van der Waals surface area contributed by atoms with Gasteiger partial charge in [0.05, 0.1) is 11.6 Å². The molecular formula is C17H25N5. The van der Waals surface area contributed by atoms with Gasteiger partial charge < -0.3 is 0 Å². The molecule has 1 aromatic heterocycles. The number of hydrogen-bond donors (Lipinski definition) is 0. The van der Waals surface area contributed by atoms with E-state index in [-0.39, 0.29) is 11.6 Å². The Morgan fingerprint density at radius 3 is 2.32 bits per heavy atom. The molecular weight excluding hydrogens is 274 g/mol. The molecule has 22 heavy (non-hydrogen) atoms. The summed E-state index contributed by atoms with van der Waals surface area (Å²) in [7, 11) is 0. The maximum absolute atomic E-state index is 4.39.